The summed E-state index contributed by atoms with van der Waals surface area (Å²) in [6.07, 6.45) is 2.11. The van der Waals surface area contributed by atoms with Crippen molar-refractivity contribution in [1.82, 2.24) is 15.2 Å². The zero-order valence-electron chi connectivity index (χ0n) is 16.4. The predicted molar refractivity (Wildman–Crippen MR) is 120 cm³/mol. The van der Waals surface area contributed by atoms with E-state index < -0.39 is 0 Å². The van der Waals surface area contributed by atoms with E-state index in [9.17, 15) is 4.79 Å². The highest BCUT2D eigenvalue weighted by Gasteiger charge is 2.25. The first-order valence-electron chi connectivity index (χ1n) is 9.60. The van der Waals surface area contributed by atoms with E-state index in [-0.39, 0.29) is 30.7 Å². The SMILES string of the molecule is CCNCC1CCN(C(=O)c2csc(-c3ccc4c(c3)OCCO4)n2)CC1.Cl.Cl. The number of nitrogens with zero attached hydrogens (tertiary/aromatic N) is 2. The minimum atomic E-state index is 0. The second-order valence-corrected chi connectivity index (χ2v) is 7.80. The maximum absolute atomic E-state index is 12.8. The molecule has 2 aliphatic rings. The van der Waals surface area contributed by atoms with Crippen LogP contribution >= 0.6 is 36.2 Å². The maximum atomic E-state index is 12.8. The van der Waals surface area contributed by atoms with Crippen LogP contribution in [0.15, 0.2) is 23.6 Å². The number of hydrogen-bond donors (Lipinski definition) is 1. The van der Waals surface area contributed by atoms with Crippen molar-refractivity contribution in [3.05, 3.63) is 29.3 Å². The molecule has 2 aliphatic heterocycles. The van der Waals surface area contributed by atoms with E-state index >= 15 is 0 Å². The number of thiazole rings is 1. The number of ether oxygens (including phenoxy) is 2. The molecule has 2 aromatic rings. The van der Waals surface area contributed by atoms with Crippen molar-refractivity contribution in [2.75, 3.05) is 39.4 Å². The van der Waals surface area contributed by atoms with Crippen LogP contribution in [-0.2, 0) is 0 Å². The molecular formula is C20H27Cl2N3O3S. The number of carbonyl (C=O) groups is 1. The largest absolute Gasteiger partial charge is 0.486 e. The molecule has 29 heavy (non-hydrogen) atoms. The lowest BCUT2D eigenvalue weighted by Crippen LogP contribution is -2.40. The Labute approximate surface area is 187 Å². The lowest BCUT2D eigenvalue weighted by atomic mass is 9.96. The molecule has 1 aromatic heterocycles. The molecule has 0 atom stereocenters. The molecule has 1 fully saturated rings. The van der Waals surface area contributed by atoms with E-state index in [1.54, 1.807) is 0 Å². The van der Waals surface area contributed by atoms with Crippen molar-refractivity contribution < 1.29 is 14.3 Å². The van der Waals surface area contributed by atoms with Gasteiger partial charge in [-0.15, -0.1) is 36.2 Å². The molecule has 1 N–H and O–H groups in total. The van der Waals surface area contributed by atoms with Gasteiger partial charge in [0, 0.05) is 24.0 Å². The first-order chi connectivity index (χ1) is 13.2. The number of nitrogens with one attached hydrogen (secondary N) is 1. The Hall–Kier alpha value is -1.54. The van der Waals surface area contributed by atoms with Crippen LogP contribution in [0.5, 0.6) is 11.5 Å². The fourth-order valence-corrected chi connectivity index (χ4v) is 4.32. The maximum Gasteiger partial charge on any atom is 0.273 e. The average molecular weight is 460 g/mol. The molecule has 9 heteroatoms. The van der Waals surface area contributed by atoms with Crippen molar-refractivity contribution in [1.29, 1.82) is 0 Å². The molecule has 160 valence electrons. The third kappa shape index (κ3) is 5.54. The summed E-state index contributed by atoms with van der Waals surface area (Å²) in [6.45, 7) is 6.93. The molecule has 0 spiro atoms. The molecule has 0 saturated carbocycles. The van der Waals surface area contributed by atoms with Gasteiger partial charge in [-0.1, -0.05) is 6.92 Å². The van der Waals surface area contributed by atoms with Crippen molar-refractivity contribution in [2.45, 2.75) is 19.8 Å². The monoisotopic (exact) mass is 459 g/mol. The summed E-state index contributed by atoms with van der Waals surface area (Å²) in [4.78, 5) is 19.3. The lowest BCUT2D eigenvalue weighted by Gasteiger charge is -2.31. The molecule has 0 bridgehead atoms. The van der Waals surface area contributed by atoms with Gasteiger partial charge in [-0.2, -0.15) is 0 Å². The topological polar surface area (TPSA) is 63.7 Å². The number of hydrogen-bond acceptors (Lipinski definition) is 6. The first kappa shape index (κ1) is 23.7. The molecule has 3 heterocycles. The van der Waals surface area contributed by atoms with E-state index in [4.69, 9.17) is 9.47 Å². The fourth-order valence-electron chi connectivity index (χ4n) is 3.53. The lowest BCUT2D eigenvalue weighted by molar-refractivity contribution is 0.0685. The number of likely N-dealkylation sites (tertiary alicyclic amines) is 1. The predicted octanol–water partition coefficient (Wildman–Crippen LogP) is 3.89. The van der Waals surface area contributed by atoms with Gasteiger partial charge < -0.3 is 19.7 Å². The highest BCUT2D eigenvalue weighted by Crippen LogP contribution is 2.35. The highest BCUT2D eigenvalue weighted by atomic mass is 35.5. The molecule has 4 rings (SSSR count). The van der Waals surface area contributed by atoms with Crippen molar-refractivity contribution in [3.63, 3.8) is 0 Å². The molecule has 6 nitrogen and oxygen atoms in total. The van der Waals surface area contributed by atoms with Crippen molar-refractivity contribution in [2.24, 2.45) is 5.92 Å². The second kappa shape index (κ2) is 11.0. The zero-order valence-corrected chi connectivity index (χ0v) is 18.8. The van der Waals surface area contributed by atoms with Crippen LogP contribution in [0, 0.1) is 5.92 Å². The van der Waals surface area contributed by atoms with Crippen LogP contribution in [0.2, 0.25) is 0 Å². The normalized spacial score (nSPS) is 16.0. The smallest absolute Gasteiger partial charge is 0.273 e. The van der Waals surface area contributed by atoms with Gasteiger partial charge in [0.2, 0.25) is 0 Å². The van der Waals surface area contributed by atoms with Crippen LogP contribution in [0.3, 0.4) is 0 Å². The van der Waals surface area contributed by atoms with E-state index in [0.717, 1.165) is 61.1 Å². The number of aromatic nitrogens is 1. The van der Waals surface area contributed by atoms with Gasteiger partial charge >= 0.3 is 0 Å². The Morgan fingerprint density at radius 3 is 2.66 bits per heavy atom. The summed E-state index contributed by atoms with van der Waals surface area (Å²) < 4.78 is 11.2. The van der Waals surface area contributed by atoms with Crippen LogP contribution in [0.25, 0.3) is 10.6 Å². The first-order valence-corrected chi connectivity index (χ1v) is 10.5. The summed E-state index contributed by atoms with van der Waals surface area (Å²) in [5.41, 5.74) is 1.49. The fraction of sp³-hybridized carbons (Fsp3) is 0.500. The number of piperidine rings is 1. The Bertz CT molecular complexity index is 810. The van der Waals surface area contributed by atoms with Gasteiger partial charge in [-0.3, -0.25) is 4.79 Å². The number of rotatable bonds is 5. The summed E-state index contributed by atoms with van der Waals surface area (Å²) in [5.74, 6) is 2.21. The molecule has 1 saturated heterocycles. The van der Waals surface area contributed by atoms with Crippen LogP contribution in [-0.4, -0.2) is 55.2 Å². The van der Waals surface area contributed by atoms with Crippen molar-refractivity contribution in [3.8, 4) is 22.1 Å². The Balaban J connectivity index is 0.00000150. The van der Waals surface area contributed by atoms with Crippen LogP contribution in [0.1, 0.15) is 30.3 Å². The Kier molecular flexibility index (Phi) is 9.02. The molecule has 1 aromatic carbocycles. The number of benzene rings is 1. The highest BCUT2D eigenvalue weighted by molar-refractivity contribution is 7.13. The summed E-state index contributed by atoms with van der Waals surface area (Å²) in [5, 5.41) is 6.09. The number of fused-ring (bicyclic) bond motifs is 1. The molecule has 0 aliphatic carbocycles. The van der Waals surface area contributed by atoms with Gasteiger partial charge in [0.15, 0.2) is 11.5 Å². The number of amides is 1. The van der Waals surface area contributed by atoms with Gasteiger partial charge in [0.1, 0.15) is 23.9 Å². The molecule has 0 radical (unpaired) electrons. The molecular weight excluding hydrogens is 433 g/mol. The molecule has 1 amide bonds. The summed E-state index contributed by atoms with van der Waals surface area (Å²) in [6, 6.07) is 5.81. The minimum absolute atomic E-state index is 0. The zero-order chi connectivity index (χ0) is 18.6. The van der Waals surface area contributed by atoms with Gasteiger partial charge in [0.25, 0.3) is 5.91 Å². The van der Waals surface area contributed by atoms with Crippen LogP contribution < -0.4 is 14.8 Å². The van der Waals surface area contributed by atoms with E-state index in [1.165, 1.54) is 11.3 Å². The van der Waals surface area contributed by atoms with E-state index in [0.29, 0.717) is 24.8 Å². The summed E-state index contributed by atoms with van der Waals surface area (Å²) in [7, 11) is 0. The number of carbonyl (C=O) groups excluding carboxylic acids is 1. The average Bonchev–Trinajstić information content (AvgIpc) is 3.22. The van der Waals surface area contributed by atoms with Gasteiger partial charge in [-0.25, -0.2) is 4.98 Å². The van der Waals surface area contributed by atoms with Crippen molar-refractivity contribution >= 4 is 42.1 Å². The van der Waals surface area contributed by atoms with E-state index in [2.05, 4.69) is 17.2 Å². The quantitative estimate of drug-likeness (QED) is 0.734. The minimum Gasteiger partial charge on any atom is -0.486 e. The third-order valence-corrected chi connectivity index (χ3v) is 5.99. The Morgan fingerprint density at radius 1 is 1.21 bits per heavy atom. The number of halogens is 2. The summed E-state index contributed by atoms with van der Waals surface area (Å²) >= 11 is 1.49. The third-order valence-electron chi connectivity index (χ3n) is 5.10. The standard InChI is InChI=1S/C20H25N3O3S.2ClH/c1-2-21-12-14-5-7-23(8-6-14)20(24)16-13-27-19(22-16)15-3-4-17-18(11-15)26-10-9-25-17;;/h3-4,11,13-14,21H,2,5-10,12H2,1H3;2*1H. The van der Waals surface area contributed by atoms with E-state index in [1.807, 2.05) is 28.5 Å². The Morgan fingerprint density at radius 2 is 1.93 bits per heavy atom. The van der Waals surface area contributed by atoms with Gasteiger partial charge in [0.05, 0.1) is 0 Å². The van der Waals surface area contributed by atoms with Gasteiger partial charge in [-0.05, 0) is 50.0 Å². The second-order valence-electron chi connectivity index (χ2n) is 6.94. The molecule has 0 unspecified atom stereocenters. The van der Waals surface area contributed by atoms with Crippen LogP contribution in [0.4, 0.5) is 0 Å².